The lowest BCUT2D eigenvalue weighted by Crippen LogP contribution is -2.49. The summed E-state index contributed by atoms with van der Waals surface area (Å²) >= 11 is 7.69. The number of fused-ring (bicyclic) bond motifs is 1. The summed E-state index contributed by atoms with van der Waals surface area (Å²) in [4.78, 5) is 31.2. The van der Waals surface area contributed by atoms with Crippen LogP contribution in [0.4, 0.5) is 10.5 Å². The summed E-state index contributed by atoms with van der Waals surface area (Å²) in [6, 6.07) is 16.2. The summed E-state index contributed by atoms with van der Waals surface area (Å²) in [5.41, 5.74) is 2.88. The van der Waals surface area contributed by atoms with Crippen molar-refractivity contribution in [2.75, 3.05) is 45.3 Å². The SMILES string of the molecule is COCCN(CC(=O)N1CCc2sccc2C1COc1ccc(Cl)cc1)C(=O)Nc1ccc(C)cc1. The van der Waals surface area contributed by atoms with Crippen molar-refractivity contribution in [3.63, 3.8) is 0 Å². The minimum Gasteiger partial charge on any atom is -0.491 e. The van der Waals surface area contributed by atoms with Gasteiger partial charge in [0.2, 0.25) is 5.91 Å². The molecule has 0 saturated heterocycles. The number of anilines is 1. The van der Waals surface area contributed by atoms with Crippen LogP contribution in [-0.2, 0) is 16.0 Å². The van der Waals surface area contributed by atoms with Crippen LogP contribution in [0, 0.1) is 6.92 Å². The predicted molar refractivity (Wildman–Crippen MR) is 143 cm³/mol. The van der Waals surface area contributed by atoms with E-state index in [-0.39, 0.29) is 24.5 Å². The number of urea groups is 1. The Kier molecular flexibility index (Phi) is 8.85. The normalized spacial score (nSPS) is 14.8. The number of nitrogens with one attached hydrogen (secondary N) is 1. The van der Waals surface area contributed by atoms with Gasteiger partial charge in [-0.15, -0.1) is 11.3 Å². The number of hydrogen-bond acceptors (Lipinski definition) is 5. The number of aryl methyl sites for hydroxylation is 1. The molecule has 3 amide bonds. The molecule has 2 aromatic carbocycles. The summed E-state index contributed by atoms with van der Waals surface area (Å²) in [6.45, 7) is 3.43. The molecule has 1 unspecified atom stereocenters. The Bertz CT molecular complexity index is 1170. The summed E-state index contributed by atoms with van der Waals surface area (Å²) in [5, 5.41) is 5.57. The first-order valence-corrected chi connectivity index (χ1v) is 13.1. The van der Waals surface area contributed by atoms with E-state index in [4.69, 9.17) is 21.1 Å². The first kappa shape index (κ1) is 26.0. The second kappa shape index (κ2) is 12.3. The van der Waals surface area contributed by atoms with Gasteiger partial charge < -0.3 is 24.6 Å². The molecule has 1 aromatic heterocycles. The molecule has 1 aliphatic rings. The van der Waals surface area contributed by atoms with Crippen LogP contribution < -0.4 is 10.1 Å². The smallest absolute Gasteiger partial charge is 0.322 e. The van der Waals surface area contributed by atoms with E-state index in [0.717, 1.165) is 17.5 Å². The fourth-order valence-electron chi connectivity index (χ4n) is 4.13. The molecule has 1 N–H and O–H groups in total. The maximum absolute atomic E-state index is 13.6. The van der Waals surface area contributed by atoms with Gasteiger partial charge in [0.25, 0.3) is 0 Å². The fourth-order valence-corrected chi connectivity index (χ4v) is 5.18. The first-order chi connectivity index (χ1) is 17.4. The fraction of sp³-hybridized carbons (Fsp3) is 0.333. The molecule has 7 nitrogen and oxygen atoms in total. The molecule has 190 valence electrons. The van der Waals surface area contributed by atoms with E-state index < -0.39 is 0 Å². The van der Waals surface area contributed by atoms with Gasteiger partial charge in [-0.25, -0.2) is 4.79 Å². The summed E-state index contributed by atoms with van der Waals surface area (Å²) < 4.78 is 11.2. The van der Waals surface area contributed by atoms with Gasteiger partial charge in [0.15, 0.2) is 0 Å². The van der Waals surface area contributed by atoms with Crippen molar-refractivity contribution in [1.82, 2.24) is 9.80 Å². The van der Waals surface area contributed by atoms with Crippen LogP contribution >= 0.6 is 22.9 Å². The highest BCUT2D eigenvalue weighted by Crippen LogP contribution is 2.34. The Balaban J connectivity index is 1.47. The third kappa shape index (κ3) is 6.57. The number of rotatable bonds is 9. The van der Waals surface area contributed by atoms with Crippen molar-refractivity contribution in [2.24, 2.45) is 0 Å². The van der Waals surface area contributed by atoms with Gasteiger partial charge >= 0.3 is 6.03 Å². The zero-order valence-electron chi connectivity index (χ0n) is 20.4. The number of amides is 3. The van der Waals surface area contributed by atoms with E-state index in [1.54, 1.807) is 30.6 Å². The van der Waals surface area contributed by atoms with Crippen LogP contribution in [0.5, 0.6) is 5.75 Å². The van der Waals surface area contributed by atoms with Crippen molar-refractivity contribution in [1.29, 1.82) is 0 Å². The molecule has 0 bridgehead atoms. The Morgan fingerprint density at radius 1 is 1.14 bits per heavy atom. The van der Waals surface area contributed by atoms with Crippen molar-refractivity contribution >= 4 is 40.6 Å². The van der Waals surface area contributed by atoms with E-state index in [2.05, 4.69) is 11.4 Å². The first-order valence-electron chi connectivity index (χ1n) is 11.8. The topological polar surface area (TPSA) is 71.1 Å². The number of halogens is 1. The van der Waals surface area contributed by atoms with E-state index in [1.807, 2.05) is 53.6 Å². The number of carbonyl (C=O) groups is 2. The number of nitrogens with zero attached hydrogens (tertiary/aromatic N) is 2. The molecule has 0 aliphatic carbocycles. The zero-order chi connectivity index (χ0) is 25.5. The average molecular weight is 528 g/mol. The van der Waals surface area contributed by atoms with Gasteiger partial charge in [0, 0.05) is 35.8 Å². The lowest BCUT2D eigenvalue weighted by molar-refractivity contribution is -0.135. The Morgan fingerprint density at radius 2 is 1.89 bits per heavy atom. The lowest BCUT2D eigenvalue weighted by Gasteiger charge is -2.37. The molecule has 2 heterocycles. The minimum absolute atomic E-state index is 0.0576. The second-order valence-corrected chi connectivity index (χ2v) is 10.1. The predicted octanol–water partition coefficient (Wildman–Crippen LogP) is 5.40. The standard InChI is InChI=1S/C27H30ClN3O4S/c1-19-3-7-21(8-4-19)29-27(33)30(14-15-34-2)17-26(32)31-13-11-25-23(12-16-36-25)24(31)18-35-22-9-5-20(28)6-10-22/h3-10,12,16,24H,11,13-15,17-18H2,1-2H3,(H,29,33). The van der Waals surface area contributed by atoms with Crippen LogP contribution in [0.25, 0.3) is 0 Å². The summed E-state index contributed by atoms with van der Waals surface area (Å²) in [5.74, 6) is 0.556. The quantitative estimate of drug-likeness (QED) is 0.405. The highest BCUT2D eigenvalue weighted by molar-refractivity contribution is 7.10. The second-order valence-electron chi connectivity index (χ2n) is 8.63. The molecule has 1 atom stereocenters. The molecule has 9 heteroatoms. The van der Waals surface area contributed by atoms with Crippen LogP contribution in [0.1, 0.15) is 22.0 Å². The molecule has 4 rings (SSSR count). The van der Waals surface area contributed by atoms with Gasteiger partial charge in [0.1, 0.15) is 18.9 Å². The average Bonchev–Trinajstić information content (AvgIpc) is 3.36. The van der Waals surface area contributed by atoms with E-state index >= 15 is 0 Å². The monoisotopic (exact) mass is 527 g/mol. The molecule has 0 radical (unpaired) electrons. The molecular weight excluding hydrogens is 498 g/mol. The highest BCUT2D eigenvalue weighted by Gasteiger charge is 2.33. The Morgan fingerprint density at radius 3 is 2.61 bits per heavy atom. The van der Waals surface area contributed by atoms with Crippen LogP contribution in [0.3, 0.4) is 0 Å². The number of benzene rings is 2. The summed E-state index contributed by atoms with van der Waals surface area (Å²) in [6.07, 6.45) is 0.782. The Labute approximate surface area is 220 Å². The molecule has 36 heavy (non-hydrogen) atoms. The number of ether oxygens (including phenoxy) is 2. The van der Waals surface area contributed by atoms with Gasteiger partial charge in [-0.3, -0.25) is 4.79 Å². The minimum atomic E-state index is -0.341. The summed E-state index contributed by atoms with van der Waals surface area (Å²) in [7, 11) is 1.57. The number of hydrogen-bond donors (Lipinski definition) is 1. The van der Waals surface area contributed by atoms with Crippen molar-refractivity contribution in [3.05, 3.63) is 81.0 Å². The molecule has 0 fully saturated rings. The maximum Gasteiger partial charge on any atom is 0.322 e. The molecule has 1 aliphatic heterocycles. The molecule has 0 spiro atoms. The van der Waals surface area contributed by atoms with Gasteiger partial charge in [0.05, 0.1) is 12.6 Å². The van der Waals surface area contributed by atoms with Crippen LogP contribution in [-0.4, -0.2) is 61.7 Å². The van der Waals surface area contributed by atoms with E-state index in [1.165, 1.54) is 9.78 Å². The third-order valence-corrected chi connectivity index (χ3v) is 7.37. The maximum atomic E-state index is 13.6. The van der Waals surface area contributed by atoms with Crippen molar-refractivity contribution < 1.29 is 19.1 Å². The highest BCUT2D eigenvalue weighted by atomic mass is 35.5. The number of methoxy groups -OCH3 is 1. The zero-order valence-corrected chi connectivity index (χ0v) is 22.0. The van der Waals surface area contributed by atoms with Crippen molar-refractivity contribution in [3.8, 4) is 5.75 Å². The van der Waals surface area contributed by atoms with E-state index in [0.29, 0.717) is 42.8 Å². The number of carbonyl (C=O) groups excluding carboxylic acids is 2. The van der Waals surface area contributed by atoms with Crippen LogP contribution in [0.15, 0.2) is 60.0 Å². The molecule has 3 aromatic rings. The van der Waals surface area contributed by atoms with Crippen molar-refractivity contribution in [2.45, 2.75) is 19.4 Å². The molecule has 0 saturated carbocycles. The van der Waals surface area contributed by atoms with Crippen LogP contribution in [0.2, 0.25) is 5.02 Å². The largest absolute Gasteiger partial charge is 0.491 e. The van der Waals surface area contributed by atoms with E-state index in [9.17, 15) is 9.59 Å². The van der Waals surface area contributed by atoms with Gasteiger partial charge in [-0.05, 0) is 66.8 Å². The molecular formula is C27H30ClN3O4S. The third-order valence-electron chi connectivity index (χ3n) is 6.12. The number of thiophene rings is 1. The Hall–Kier alpha value is -3.07. The van der Waals surface area contributed by atoms with Gasteiger partial charge in [-0.2, -0.15) is 0 Å². The van der Waals surface area contributed by atoms with Gasteiger partial charge in [-0.1, -0.05) is 29.3 Å². The lowest BCUT2D eigenvalue weighted by atomic mass is 10.0.